The molecule has 0 bridgehead atoms. The van der Waals surface area contributed by atoms with Crippen molar-refractivity contribution < 1.29 is 22.4 Å². The number of oxazole rings is 1. The summed E-state index contributed by atoms with van der Waals surface area (Å²) >= 11 is 0. The van der Waals surface area contributed by atoms with Gasteiger partial charge in [0, 0.05) is 31.6 Å². The highest BCUT2D eigenvalue weighted by molar-refractivity contribution is 5.72. The molecule has 0 saturated carbocycles. The molecule has 1 fully saturated rings. The van der Waals surface area contributed by atoms with Crippen LogP contribution in [0.4, 0.5) is 13.2 Å². The summed E-state index contributed by atoms with van der Waals surface area (Å²) in [7, 11) is 0. The van der Waals surface area contributed by atoms with Crippen LogP contribution in [0.3, 0.4) is 0 Å². The van der Waals surface area contributed by atoms with Crippen LogP contribution in [0.25, 0.3) is 11.5 Å². The van der Waals surface area contributed by atoms with E-state index in [4.69, 9.17) is 4.42 Å². The number of nitrogens with zero attached hydrogens (tertiary/aromatic N) is 2. The van der Waals surface area contributed by atoms with Gasteiger partial charge in [-0.2, -0.15) is 13.2 Å². The third-order valence-corrected chi connectivity index (χ3v) is 5.31. The SMILES string of the molecule is CC(=O)NCC[C@H]1CCCCN1Cc1nc(-c2ccc(C(F)(F)F)cc2)oc1C. The Bertz CT molecular complexity index is 831. The zero-order valence-corrected chi connectivity index (χ0v) is 16.7. The number of piperidine rings is 1. The van der Waals surface area contributed by atoms with E-state index in [1.807, 2.05) is 6.92 Å². The van der Waals surface area contributed by atoms with E-state index in [-0.39, 0.29) is 5.91 Å². The van der Waals surface area contributed by atoms with Crippen LogP contribution >= 0.6 is 0 Å². The molecule has 1 amide bonds. The molecule has 1 atom stereocenters. The molecule has 0 radical (unpaired) electrons. The molecule has 2 aromatic rings. The lowest BCUT2D eigenvalue weighted by Crippen LogP contribution is -2.41. The summed E-state index contributed by atoms with van der Waals surface area (Å²) in [5.74, 6) is 0.977. The van der Waals surface area contributed by atoms with E-state index >= 15 is 0 Å². The number of benzene rings is 1. The maximum absolute atomic E-state index is 12.8. The molecular formula is C21H26F3N3O2. The van der Waals surface area contributed by atoms with Gasteiger partial charge < -0.3 is 9.73 Å². The predicted octanol–water partition coefficient (Wildman–Crippen LogP) is 4.55. The minimum absolute atomic E-state index is 0.0270. The van der Waals surface area contributed by atoms with Gasteiger partial charge in [0.15, 0.2) is 0 Å². The monoisotopic (exact) mass is 409 g/mol. The summed E-state index contributed by atoms with van der Waals surface area (Å²) in [5.41, 5.74) is 0.625. The molecule has 1 aliphatic rings. The number of alkyl halides is 3. The molecule has 1 aromatic carbocycles. The molecule has 5 nitrogen and oxygen atoms in total. The molecule has 29 heavy (non-hydrogen) atoms. The fraction of sp³-hybridized carbons (Fsp3) is 0.524. The highest BCUT2D eigenvalue weighted by Crippen LogP contribution is 2.31. The van der Waals surface area contributed by atoms with E-state index in [1.165, 1.54) is 19.1 Å². The molecule has 1 aliphatic heterocycles. The first-order valence-electron chi connectivity index (χ1n) is 9.86. The Morgan fingerprint density at radius 1 is 1.28 bits per heavy atom. The Morgan fingerprint density at radius 3 is 2.66 bits per heavy atom. The molecule has 1 aromatic heterocycles. The van der Waals surface area contributed by atoms with Crippen LogP contribution in [0.5, 0.6) is 0 Å². The van der Waals surface area contributed by atoms with Crippen LogP contribution in [-0.4, -0.2) is 34.9 Å². The van der Waals surface area contributed by atoms with Crippen molar-refractivity contribution >= 4 is 5.91 Å². The van der Waals surface area contributed by atoms with Crippen LogP contribution in [0.1, 0.15) is 49.6 Å². The number of amides is 1. The van der Waals surface area contributed by atoms with Gasteiger partial charge in [-0.15, -0.1) is 0 Å². The number of aryl methyl sites for hydroxylation is 1. The van der Waals surface area contributed by atoms with Crippen molar-refractivity contribution in [1.29, 1.82) is 0 Å². The third kappa shape index (κ3) is 5.59. The topological polar surface area (TPSA) is 58.4 Å². The Balaban J connectivity index is 1.69. The van der Waals surface area contributed by atoms with Crippen molar-refractivity contribution in [3.05, 3.63) is 41.3 Å². The molecule has 2 heterocycles. The number of likely N-dealkylation sites (tertiary alicyclic amines) is 1. The summed E-state index contributed by atoms with van der Waals surface area (Å²) in [6.07, 6.45) is -0.143. The van der Waals surface area contributed by atoms with Gasteiger partial charge in [0.25, 0.3) is 0 Å². The van der Waals surface area contributed by atoms with E-state index in [1.54, 1.807) is 0 Å². The molecule has 0 spiro atoms. The van der Waals surface area contributed by atoms with Gasteiger partial charge in [-0.25, -0.2) is 4.98 Å². The predicted molar refractivity (Wildman–Crippen MR) is 103 cm³/mol. The number of hydrogen-bond donors (Lipinski definition) is 1. The number of aromatic nitrogens is 1. The molecule has 1 N–H and O–H groups in total. The van der Waals surface area contributed by atoms with E-state index < -0.39 is 11.7 Å². The minimum atomic E-state index is -4.36. The van der Waals surface area contributed by atoms with Crippen LogP contribution in [-0.2, 0) is 17.5 Å². The van der Waals surface area contributed by atoms with Crippen molar-refractivity contribution in [1.82, 2.24) is 15.2 Å². The molecule has 8 heteroatoms. The second kappa shape index (κ2) is 8.98. The summed E-state index contributed by atoms with van der Waals surface area (Å²) in [5, 5.41) is 2.85. The van der Waals surface area contributed by atoms with Crippen LogP contribution < -0.4 is 5.32 Å². The number of hydrogen-bond acceptors (Lipinski definition) is 4. The van der Waals surface area contributed by atoms with Gasteiger partial charge in [0.1, 0.15) is 5.76 Å². The fourth-order valence-corrected chi connectivity index (χ4v) is 3.70. The van der Waals surface area contributed by atoms with Crippen LogP contribution in [0.15, 0.2) is 28.7 Å². The van der Waals surface area contributed by atoms with Crippen molar-refractivity contribution in [2.75, 3.05) is 13.1 Å². The summed E-state index contributed by atoms with van der Waals surface area (Å²) in [6.45, 7) is 5.56. The molecule has 1 saturated heterocycles. The molecule has 0 aliphatic carbocycles. The zero-order chi connectivity index (χ0) is 21.0. The number of nitrogens with one attached hydrogen (secondary N) is 1. The van der Waals surface area contributed by atoms with Crippen LogP contribution in [0, 0.1) is 6.92 Å². The largest absolute Gasteiger partial charge is 0.441 e. The standard InChI is InChI=1S/C21H26F3N3O2/c1-14-19(13-27-12-4-3-5-18(27)10-11-25-15(2)28)26-20(29-14)16-6-8-17(9-7-16)21(22,23)24/h6-9,18H,3-5,10-13H2,1-2H3,(H,25,28)/t18-/m1/s1. The van der Waals surface area contributed by atoms with E-state index in [0.717, 1.165) is 50.1 Å². The first-order chi connectivity index (χ1) is 13.7. The van der Waals surface area contributed by atoms with Crippen molar-refractivity contribution in [2.24, 2.45) is 0 Å². The Hall–Kier alpha value is -2.35. The second-order valence-corrected chi connectivity index (χ2v) is 7.49. The lowest BCUT2D eigenvalue weighted by molar-refractivity contribution is -0.137. The Labute approximate surface area is 168 Å². The minimum Gasteiger partial charge on any atom is -0.441 e. The van der Waals surface area contributed by atoms with Gasteiger partial charge in [-0.1, -0.05) is 6.42 Å². The van der Waals surface area contributed by atoms with Crippen molar-refractivity contribution in [3.8, 4) is 11.5 Å². The van der Waals surface area contributed by atoms with Gasteiger partial charge in [0.05, 0.1) is 11.3 Å². The normalized spacial score (nSPS) is 18.0. The van der Waals surface area contributed by atoms with E-state index in [2.05, 4.69) is 15.2 Å². The molecule has 158 valence electrons. The fourth-order valence-electron chi connectivity index (χ4n) is 3.70. The van der Waals surface area contributed by atoms with Crippen LogP contribution in [0.2, 0.25) is 0 Å². The quantitative estimate of drug-likeness (QED) is 0.761. The summed E-state index contributed by atoms with van der Waals surface area (Å²) in [6, 6.07) is 5.21. The second-order valence-electron chi connectivity index (χ2n) is 7.49. The first-order valence-corrected chi connectivity index (χ1v) is 9.86. The third-order valence-electron chi connectivity index (χ3n) is 5.31. The van der Waals surface area contributed by atoms with E-state index in [9.17, 15) is 18.0 Å². The molecule has 3 rings (SSSR count). The van der Waals surface area contributed by atoms with Gasteiger partial charge in [0.2, 0.25) is 11.8 Å². The van der Waals surface area contributed by atoms with E-state index in [0.29, 0.717) is 36.3 Å². The maximum atomic E-state index is 12.8. The smallest absolute Gasteiger partial charge is 0.416 e. The highest BCUT2D eigenvalue weighted by atomic mass is 19.4. The van der Waals surface area contributed by atoms with Gasteiger partial charge in [-0.05, 0) is 57.0 Å². The number of halogens is 3. The summed E-state index contributed by atoms with van der Waals surface area (Å²) < 4.78 is 44.0. The lowest BCUT2D eigenvalue weighted by Gasteiger charge is -2.35. The molecule has 0 unspecified atom stereocenters. The Kier molecular flexibility index (Phi) is 6.62. The number of rotatable bonds is 6. The Morgan fingerprint density at radius 2 is 2.00 bits per heavy atom. The average molecular weight is 409 g/mol. The maximum Gasteiger partial charge on any atom is 0.416 e. The summed E-state index contributed by atoms with van der Waals surface area (Å²) in [4.78, 5) is 18.0. The van der Waals surface area contributed by atoms with Crippen molar-refractivity contribution in [3.63, 3.8) is 0 Å². The van der Waals surface area contributed by atoms with Crippen molar-refractivity contribution in [2.45, 2.75) is 58.3 Å². The average Bonchev–Trinajstić information content (AvgIpc) is 3.03. The lowest BCUT2D eigenvalue weighted by atomic mass is 9.99. The molecular weight excluding hydrogens is 383 g/mol. The van der Waals surface area contributed by atoms with Gasteiger partial charge >= 0.3 is 6.18 Å². The first kappa shape index (κ1) is 21.4. The zero-order valence-electron chi connectivity index (χ0n) is 16.7. The number of carbonyl (C=O) groups excluding carboxylic acids is 1. The highest BCUT2D eigenvalue weighted by Gasteiger charge is 2.30. The number of carbonyl (C=O) groups is 1. The van der Waals surface area contributed by atoms with Gasteiger partial charge in [-0.3, -0.25) is 9.69 Å².